The molecule has 4 heteroatoms. The number of rotatable bonds is 1. The molecule has 0 saturated heterocycles. The molecule has 0 spiro atoms. The zero-order valence-electron chi connectivity index (χ0n) is 9.31. The molecule has 0 unspecified atom stereocenters. The fourth-order valence-corrected chi connectivity index (χ4v) is 2.90. The van der Waals surface area contributed by atoms with Gasteiger partial charge >= 0.3 is 5.97 Å². The number of fused-ring (bicyclic) bond motifs is 1. The van der Waals surface area contributed by atoms with Crippen molar-refractivity contribution in [2.75, 3.05) is 7.11 Å². The Balaban J connectivity index is 2.31. The molecule has 0 amide bonds. The molecule has 1 N–H and O–H groups in total. The number of hydrogen-bond donors (Lipinski definition) is 1. The van der Waals surface area contributed by atoms with Gasteiger partial charge in [0.05, 0.1) is 12.9 Å². The largest absolute Gasteiger partial charge is 0.512 e. The van der Waals surface area contributed by atoms with Gasteiger partial charge in [0.15, 0.2) is 5.78 Å². The fourth-order valence-electron chi connectivity index (χ4n) is 2.90. The Labute approximate surface area is 94.3 Å². The third-order valence-electron chi connectivity index (χ3n) is 3.68. The molecule has 2 rings (SSSR count). The van der Waals surface area contributed by atoms with Crippen LogP contribution in [0.25, 0.3) is 0 Å². The molecule has 1 saturated carbocycles. The number of esters is 1. The SMILES string of the molecule is COC(=O)[C@@H]1C(=O)C=C(O)[C@H]2CCCC[C@@H]12. The van der Waals surface area contributed by atoms with E-state index >= 15 is 0 Å². The summed E-state index contributed by atoms with van der Waals surface area (Å²) in [6.07, 6.45) is 4.92. The van der Waals surface area contributed by atoms with Gasteiger partial charge in [0.2, 0.25) is 0 Å². The zero-order chi connectivity index (χ0) is 11.7. The molecule has 2 aliphatic carbocycles. The van der Waals surface area contributed by atoms with Crippen LogP contribution in [0.5, 0.6) is 0 Å². The molecule has 1 fully saturated rings. The third kappa shape index (κ3) is 1.72. The van der Waals surface area contributed by atoms with Gasteiger partial charge in [-0.05, 0) is 18.8 Å². The first-order valence-electron chi connectivity index (χ1n) is 5.67. The van der Waals surface area contributed by atoms with Crippen molar-refractivity contribution in [1.29, 1.82) is 0 Å². The summed E-state index contributed by atoms with van der Waals surface area (Å²) in [7, 11) is 1.30. The fraction of sp³-hybridized carbons (Fsp3) is 0.667. The summed E-state index contributed by atoms with van der Waals surface area (Å²) in [5.41, 5.74) is 0. The molecule has 88 valence electrons. The van der Waals surface area contributed by atoms with Crippen LogP contribution >= 0.6 is 0 Å². The van der Waals surface area contributed by atoms with Crippen LogP contribution in [0.2, 0.25) is 0 Å². The van der Waals surface area contributed by atoms with Crippen molar-refractivity contribution in [3.8, 4) is 0 Å². The summed E-state index contributed by atoms with van der Waals surface area (Å²) in [5.74, 6) is -1.44. The maximum atomic E-state index is 11.7. The maximum absolute atomic E-state index is 11.7. The van der Waals surface area contributed by atoms with Crippen molar-refractivity contribution in [2.45, 2.75) is 25.7 Å². The first-order chi connectivity index (χ1) is 7.65. The molecule has 0 aromatic rings. The molecule has 0 aromatic carbocycles. The monoisotopic (exact) mass is 224 g/mol. The lowest BCUT2D eigenvalue weighted by Gasteiger charge is -2.37. The molecule has 16 heavy (non-hydrogen) atoms. The van der Waals surface area contributed by atoms with E-state index in [9.17, 15) is 14.7 Å². The predicted octanol–water partition coefficient (Wildman–Crippen LogP) is 1.61. The average Bonchev–Trinajstić information content (AvgIpc) is 2.28. The van der Waals surface area contributed by atoms with Gasteiger partial charge in [-0.15, -0.1) is 0 Å². The number of hydrogen-bond acceptors (Lipinski definition) is 4. The molecule has 0 radical (unpaired) electrons. The first kappa shape index (κ1) is 11.2. The van der Waals surface area contributed by atoms with Crippen LogP contribution in [0.1, 0.15) is 25.7 Å². The van der Waals surface area contributed by atoms with Crippen LogP contribution in [0.4, 0.5) is 0 Å². The molecule has 4 nitrogen and oxygen atoms in total. The van der Waals surface area contributed by atoms with Gasteiger partial charge in [-0.1, -0.05) is 12.8 Å². The molecular formula is C12H16O4. The van der Waals surface area contributed by atoms with Gasteiger partial charge < -0.3 is 9.84 Å². The van der Waals surface area contributed by atoms with Gasteiger partial charge in [0.1, 0.15) is 5.92 Å². The van der Waals surface area contributed by atoms with E-state index in [2.05, 4.69) is 4.74 Å². The smallest absolute Gasteiger partial charge is 0.316 e. The number of aliphatic hydroxyl groups excluding tert-OH is 1. The maximum Gasteiger partial charge on any atom is 0.316 e. The Morgan fingerprint density at radius 2 is 2.12 bits per heavy atom. The quantitative estimate of drug-likeness (QED) is 0.543. The van der Waals surface area contributed by atoms with Gasteiger partial charge in [0.25, 0.3) is 0 Å². The Morgan fingerprint density at radius 1 is 1.44 bits per heavy atom. The van der Waals surface area contributed by atoms with Gasteiger partial charge in [-0.25, -0.2) is 0 Å². The summed E-state index contributed by atoms with van der Waals surface area (Å²) in [5, 5.41) is 9.74. The summed E-state index contributed by atoms with van der Waals surface area (Å²) in [4.78, 5) is 23.3. The van der Waals surface area contributed by atoms with E-state index in [0.717, 1.165) is 25.7 Å². The van der Waals surface area contributed by atoms with E-state index in [1.807, 2.05) is 0 Å². The molecular weight excluding hydrogens is 208 g/mol. The molecule has 0 aromatic heterocycles. The van der Waals surface area contributed by atoms with Crippen LogP contribution in [0.15, 0.2) is 11.8 Å². The standard InChI is InChI=1S/C12H16O4/c1-16-12(15)11-8-5-3-2-4-7(8)9(13)6-10(11)14/h6-8,11,13H,2-5H2,1H3/t7-,8+,11-/m0/s1. The first-order valence-corrected chi connectivity index (χ1v) is 5.67. The summed E-state index contributed by atoms with van der Waals surface area (Å²) < 4.78 is 4.67. The Morgan fingerprint density at radius 3 is 2.81 bits per heavy atom. The highest BCUT2D eigenvalue weighted by atomic mass is 16.5. The lowest BCUT2D eigenvalue weighted by molar-refractivity contribution is -0.152. The van der Waals surface area contributed by atoms with E-state index < -0.39 is 11.9 Å². The number of allylic oxidation sites excluding steroid dienone is 2. The zero-order valence-corrected chi connectivity index (χ0v) is 9.31. The number of ether oxygens (including phenoxy) is 1. The molecule has 0 bridgehead atoms. The van der Waals surface area contributed by atoms with Crippen molar-refractivity contribution < 1.29 is 19.4 Å². The summed E-state index contributed by atoms with van der Waals surface area (Å²) in [6.45, 7) is 0. The molecule has 3 atom stereocenters. The van der Waals surface area contributed by atoms with Crippen LogP contribution < -0.4 is 0 Å². The van der Waals surface area contributed by atoms with Gasteiger partial charge in [-0.2, -0.15) is 0 Å². The molecule has 2 aliphatic rings. The number of carbonyl (C=O) groups excluding carboxylic acids is 2. The Kier molecular flexibility index (Phi) is 2.99. The lowest BCUT2D eigenvalue weighted by atomic mass is 9.67. The number of methoxy groups -OCH3 is 1. The van der Waals surface area contributed by atoms with Crippen molar-refractivity contribution in [2.24, 2.45) is 17.8 Å². The second-order valence-electron chi connectivity index (χ2n) is 4.53. The summed E-state index contributed by atoms with van der Waals surface area (Å²) in [6, 6.07) is 0. The molecule has 0 aliphatic heterocycles. The Hall–Kier alpha value is -1.32. The lowest BCUT2D eigenvalue weighted by Crippen LogP contribution is -2.41. The minimum atomic E-state index is -0.703. The van der Waals surface area contributed by atoms with Crippen molar-refractivity contribution in [3.05, 3.63) is 11.8 Å². The number of carbonyl (C=O) groups is 2. The number of aliphatic hydroxyl groups is 1. The van der Waals surface area contributed by atoms with Crippen molar-refractivity contribution >= 4 is 11.8 Å². The van der Waals surface area contributed by atoms with E-state index in [1.54, 1.807) is 0 Å². The van der Waals surface area contributed by atoms with Crippen molar-refractivity contribution in [1.82, 2.24) is 0 Å². The second-order valence-corrected chi connectivity index (χ2v) is 4.53. The van der Waals surface area contributed by atoms with Gasteiger partial charge in [-0.3, -0.25) is 9.59 Å². The van der Waals surface area contributed by atoms with Crippen LogP contribution in [-0.4, -0.2) is 24.0 Å². The van der Waals surface area contributed by atoms with Crippen LogP contribution in [0, 0.1) is 17.8 Å². The van der Waals surface area contributed by atoms with E-state index in [0.29, 0.717) is 0 Å². The van der Waals surface area contributed by atoms with Crippen LogP contribution in [-0.2, 0) is 14.3 Å². The normalized spacial score (nSPS) is 33.9. The highest BCUT2D eigenvalue weighted by Crippen LogP contribution is 2.42. The van der Waals surface area contributed by atoms with E-state index in [-0.39, 0.29) is 23.4 Å². The Bertz CT molecular complexity index is 345. The van der Waals surface area contributed by atoms with Gasteiger partial charge in [0, 0.05) is 12.0 Å². The average molecular weight is 224 g/mol. The number of ketones is 1. The summed E-state index contributed by atoms with van der Waals surface area (Å²) >= 11 is 0. The van der Waals surface area contributed by atoms with Crippen LogP contribution in [0.3, 0.4) is 0 Å². The minimum Gasteiger partial charge on any atom is -0.512 e. The van der Waals surface area contributed by atoms with E-state index in [4.69, 9.17) is 0 Å². The topological polar surface area (TPSA) is 63.6 Å². The second kappa shape index (κ2) is 4.28. The highest BCUT2D eigenvalue weighted by Gasteiger charge is 2.45. The predicted molar refractivity (Wildman–Crippen MR) is 56.7 cm³/mol. The highest BCUT2D eigenvalue weighted by molar-refractivity contribution is 6.06. The van der Waals surface area contributed by atoms with E-state index in [1.165, 1.54) is 13.2 Å². The minimum absolute atomic E-state index is 0.0319. The van der Waals surface area contributed by atoms with Crippen molar-refractivity contribution in [3.63, 3.8) is 0 Å². The third-order valence-corrected chi connectivity index (χ3v) is 3.68. The molecule has 0 heterocycles.